The van der Waals surface area contributed by atoms with Gasteiger partial charge in [-0.25, -0.2) is 0 Å². The number of amides is 1. The molecule has 5 nitrogen and oxygen atoms in total. The van der Waals surface area contributed by atoms with E-state index in [1.165, 1.54) is 18.6 Å². The van der Waals surface area contributed by atoms with Gasteiger partial charge in [-0.15, -0.1) is 6.73 Å². The van der Waals surface area contributed by atoms with Crippen molar-refractivity contribution in [2.45, 2.75) is 13.0 Å². The molecule has 0 radical (unpaired) electrons. The Balaban J connectivity index is 2.34. The quantitative estimate of drug-likeness (QED) is 0.417. The zero-order chi connectivity index (χ0) is 9.14. The number of hydrogen-bond donors (Lipinski definition) is 0. The minimum atomic E-state index is -0.668. The van der Waals surface area contributed by atoms with Crippen LogP contribution in [0.4, 0.5) is 0 Å². The third kappa shape index (κ3) is 1.94. The van der Waals surface area contributed by atoms with Crippen molar-refractivity contribution in [2.75, 3.05) is 13.7 Å². The molecule has 0 aromatic carbocycles. The molecule has 5 heteroatoms. The van der Waals surface area contributed by atoms with E-state index in [0.717, 1.165) is 0 Å². The Bertz CT molecular complexity index is 204. The van der Waals surface area contributed by atoms with E-state index in [1.807, 2.05) is 0 Å². The highest BCUT2D eigenvalue weighted by atomic mass is 16.6. The SMILES string of the molecule is CC(=O)OCC1O[CH-]N(C)C1=O. The molecule has 1 atom stereocenters. The summed E-state index contributed by atoms with van der Waals surface area (Å²) in [5, 5.41) is 0. The van der Waals surface area contributed by atoms with Gasteiger partial charge in [-0.1, -0.05) is 0 Å². The zero-order valence-corrected chi connectivity index (χ0v) is 6.94. The van der Waals surface area contributed by atoms with E-state index in [1.54, 1.807) is 7.05 Å². The highest BCUT2D eigenvalue weighted by Gasteiger charge is 2.23. The highest BCUT2D eigenvalue weighted by Crippen LogP contribution is 2.11. The Labute approximate surface area is 70.2 Å². The topological polar surface area (TPSA) is 55.8 Å². The molecule has 1 unspecified atom stereocenters. The van der Waals surface area contributed by atoms with Crippen molar-refractivity contribution < 1.29 is 19.1 Å². The van der Waals surface area contributed by atoms with E-state index in [-0.39, 0.29) is 12.5 Å². The van der Waals surface area contributed by atoms with E-state index < -0.39 is 12.1 Å². The predicted octanol–water partition coefficient (Wildman–Crippen LogP) is -0.474. The van der Waals surface area contributed by atoms with Gasteiger partial charge in [0.25, 0.3) is 0 Å². The molecule has 1 aliphatic rings. The molecular formula is C7H10NO4-. The fraction of sp³-hybridized carbons (Fsp3) is 0.571. The lowest BCUT2D eigenvalue weighted by molar-refractivity contribution is -0.145. The average Bonchev–Trinajstić information content (AvgIpc) is 2.30. The Morgan fingerprint density at radius 3 is 2.92 bits per heavy atom. The van der Waals surface area contributed by atoms with Gasteiger partial charge in [-0.3, -0.25) is 9.59 Å². The van der Waals surface area contributed by atoms with Crippen molar-refractivity contribution in [1.82, 2.24) is 4.90 Å². The maximum Gasteiger partial charge on any atom is 0.302 e. The number of likely N-dealkylation sites (N-methyl/N-ethyl adjacent to an activating group) is 1. The molecule has 0 saturated carbocycles. The lowest BCUT2D eigenvalue weighted by Gasteiger charge is -2.14. The highest BCUT2D eigenvalue weighted by molar-refractivity contribution is 5.83. The second-order valence-electron chi connectivity index (χ2n) is 2.48. The third-order valence-corrected chi connectivity index (χ3v) is 1.44. The molecule has 0 aromatic rings. The van der Waals surface area contributed by atoms with Crippen LogP contribution >= 0.6 is 0 Å². The summed E-state index contributed by atoms with van der Waals surface area (Å²) < 4.78 is 9.52. The summed E-state index contributed by atoms with van der Waals surface area (Å²) in [7, 11) is 1.58. The van der Waals surface area contributed by atoms with E-state index in [4.69, 9.17) is 4.74 Å². The van der Waals surface area contributed by atoms with Crippen LogP contribution in [-0.4, -0.2) is 36.5 Å². The fourth-order valence-electron chi connectivity index (χ4n) is 0.806. The van der Waals surface area contributed by atoms with Gasteiger partial charge in [0.15, 0.2) is 0 Å². The summed E-state index contributed by atoms with van der Waals surface area (Å²) in [6.07, 6.45) is -0.668. The van der Waals surface area contributed by atoms with Crippen molar-refractivity contribution in [3.05, 3.63) is 6.73 Å². The molecule has 0 aliphatic carbocycles. The Kier molecular flexibility index (Phi) is 2.65. The number of esters is 1. The maximum atomic E-state index is 11.1. The van der Waals surface area contributed by atoms with Crippen LogP contribution in [0.25, 0.3) is 0 Å². The van der Waals surface area contributed by atoms with Crippen LogP contribution in [0.3, 0.4) is 0 Å². The van der Waals surface area contributed by atoms with Gasteiger partial charge < -0.3 is 14.4 Å². The average molecular weight is 172 g/mol. The molecule has 1 fully saturated rings. The molecular weight excluding hydrogens is 162 g/mol. The van der Waals surface area contributed by atoms with E-state index in [0.29, 0.717) is 0 Å². The van der Waals surface area contributed by atoms with Gasteiger partial charge in [0, 0.05) is 6.92 Å². The first-order valence-electron chi connectivity index (χ1n) is 3.50. The van der Waals surface area contributed by atoms with E-state index >= 15 is 0 Å². The molecule has 1 aliphatic heterocycles. The molecule has 1 amide bonds. The third-order valence-electron chi connectivity index (χ3n) is 1.44. The molecule has 1 heterocycles. The van der Waals surface area contributed by atoms with Crippen LogP contribution in [-0.2, 0) is 19.1 Å². The first-order valence-corrected chi connectivity index (χ1v) is 3.50. The summed E-state index contributed by atoms with van der Waals surface area (Å²) in [6.45, 7) is 2.57. The number of nitrogens with zero attached hydrogens (tertiary/aromatic N) is 1. The predicted molar refractivity (Wildman–Crippen MR) is 38.6 cm³/mol. The van der Waals surface area contributed by atoms with Gasteiger partial charge >= 0.3 is 5.97 Å². The summed E-state index contributed by atoms with van der Waals surface area (Å²) in [6, 6.07) is 0. The monoisotopic (exact) mass is 172 g/mol. The van der Waals surface area contributed by atoms with Crippen molar-refractivity contribution >= 4 is 11.9 Å². The Morgan fingerprint density at radius 1 is 1.83 bits per heavy atom. The van der Waals surface area contributed by atoms with Crippen LogP contribution in [0.5, 0.6) is 0 Å². The normalized spacial score (nSPS) is 23.0. The molecule has 0 spiro atoms. The smallest absolute Gasteiger partial charge is 0.302 e. The lowest BCUT2D eigenvalue weighted by atomic mass is 10.3. The minimum Gasteiger partial charge on any atom is -0.520 e. The fourth-order valence-corrected chi connectivity index (χ4v) is 0.806. The van der Waals surface area contributed by atoms with Crippen molar-refractivity contribution in [2.24, 2.45) is 0 Å². The van der Waals surface area contributed by atoms with Gasteiger partial charge in [-0.05, 0) is 7.05 Å². The first-order chi connectivity index (χ1) is 5.61. The van der Waals surface area contributed by atoms with Gasteiger partial charge in [0.1, 0.15) is 12.7 Å². The second kappa shape index (κ2) is 3.53. The second-order valence-corrected chi connectivity index (χ2v) is 2.48. The van der Waals surface area contributed by atoms with Gasteiger partial charge in [0.2, 0.25) is 5.91 Å². The lowest BCUT2D eigenvalue weighted by Crippen LogP contribution is -2.29. The summed E-state index contributed by atoms with van der Waals surface area (Å²) in [5.41, 5.74) is 0. The summed E-state index contributed by atoms with van der Waals surface area (Å²) >= 11 is 0. The van der Waals surface area contributed by atoms with Crippen LogP contribution in [0.15, 0.2) is 0 Å². The van der Waals surface area contributed by atoms with Crippen molar-refractivity contribution in [3.8, 4) is 0 Å². The van der Waals surface area contributed by atoms with E-state index in [2.05, 4.69) is 4.74 Å². The number of carbonyl (C=O) groups is 2. The van der Waals surface area contributed by atoms with Crippen LogP contribution < -0.4 is 0 Å². The number of ether oxygens (including phenoxy) is 2. The molecule has 0 bridgehead atoms. The molecule has 12 heavy (non-hydrogen) atoms. The summed E-state index contributed by atoms with van der Waals surface area (Å²) in [4.78, 5) is 22.8. The van der Waals surface area contributed by atoms with Crippen molar-refractivity contribution in [3.63, 3.8) is 0 Å². The van der Waals surface area contributed by atoms with Crippen LogP contribution in [0.2, 0.25) is 0 Å². The number of rotatable bonds is 2. The molecule has 1 saturated heterocycles. The standard InChI is InChI=1S/C7H10NO4/c1-5(9)11-3-6-7(10)8(2)4-12-6/h4,6H,3H2,1-2H3/q-1. The van der Waals surface area contributed by atoms with Crippen molar-refractivity contribution in [1.29, 1.82) is 0 Å². The maximum absolute atomic E-state index is 11.1. The Hall–Kier alpha value is -1.10. The zero-order valence-electron chi connectivity index (χ0n) is 6.94. The number of hydrogen-bond acceptors (Lipinski definition) is 4. The molecule has 68 valence electrons. The number of carbonyl (C=O) groups excluding carboxylic acids is 2. The molecule has 1 rings (SSSR count). The first kappa shape index (κ1) is 8.99. The van der Waals surface area contributed by atoms with Gasteiger partial charge in [0.05, 0.1) is 0 Å². The molecule has 0 aromatic heterocycles. The van der Waals surface area contributed by atoms with Crippen LogP contribution in [0, 0.1) is 6.73 Å². The summed E-state index contributed by atoms with van der Waals surface area (Å²) in [5.74, 6) is -0.614. The van der Waals surface area contributed by atoms with Crippen LogP contribution in [0.1, 0.15) is 6.92 Å². The Morgan fingerprint density at radius 2 is 2.50 bits per heavy atom. The van der Waals surface area contributed by atoms with E-state index in [9.17, 15) is 9.59 Å². The molecule has 0 N–H and O–H groups in total. The largest absolute Gasteiger partial charge is 0.520 e. The minimum absolute atomic E-state index is 0.0188. The van der Waals surface area contributed by atoms with Gasteiger partial charge in [-0.2, -0.15) is 0 Å².